The molecule has 144 valence electrons. The Balaban J connectivity index is 1.63. The van der Waals surface area contributed by atoms with Gasteiger partial charge in [0.1, 0.15) is 0 Å². The van der Waals surface area contributed by atoms with Gasteiger partial charge < -0.3 is 4.74 Å². The first kappa shape index (κ1) is 18.4. The number of para-hydroxylation sites is 2. The highest BCUT2D eigenvalue weighted by atomic mass is 16.5. The van der Waals surface area contributed by atoms with E-state index in [-0.39, 0.29) is 29.4 Å². The van der Waals surface area contributed by atoms with E-state index in [9.17, 15) is 14.4 Å². The fourth-order valence-corrected chi connectivity index (χ4v) is 4.20. The van der Waals surface area contributed by atoms with Crippen LogP contribution in [0.2, 0.25) is 0 Å². The maximum atomic E-state index is 13.0. The van der Waals surface area contributed by atoms with Crippen molar-refractivity contribution in [3.8, 4) is 5.75 Å². The van der Waals surface area contributed by atoms with E-state index in [0.29, 0.717) is 17.2 Å². The summed E-state index contributed by atoms with van der Waals surface area (Å²) in [6.07, 6.45) is 2.42. The van der Waals surface area contributed by atoms with Gasteiger partial charge in [-0.15, -0.1) is 0 Å². The molecule has 1 saturated carbocycles. The van der Waals surface area contributed by atoms with Crippen molar-refractivity contribution < 1.29 is 19.1 Å². The predicted molar refractivity (Wildman–Crippen MR) is 105 cm³/mol. The van der Waals surface area contributed by atoms with Crippen LogP contribution >= 0.6 is 0 Å². The summed E-state index contributed by atoms with van der Waals surface area (Å²) >= 11 is 0. The number of hydrogen-bond acceptors (Lipinski definition) is 4. The van der Waals surface area contributed by atoms with Gasteiger partial charge in [0.05, 0.1) is 23.1 Å². The van der Waals surface area contributed by atoms with Crippen LogP contribution in [0.1, 0.15) is 42.1 Å². The van der Waals surface area contributed by atoms with Crippen molar-refractivity contribution >= 4 is 23.5 Å². The third kappa shape index (κ3) is 3.21. The van der Waals surface area contributed by atoms with Crippen LogP contribution in [0.4, 0.5) is 5.69 Å². The zero-order chi connectivity index (χ0) is 19.8. The molecular weight excluding hydrogens is 354 g/mol. The molecule has 28 heavy (non-hydrogen) atoms. The molecule has 0 bridgehead atoms. The number of nitrogens with zero attached hydrogens (tertiary/aromatic N) is 1. The first-order valence-electron chi connectivity index (χ1n) is 9.71. The molecule has 2 fully saturated rings. The van der Waals surface area contributed by atoms with Crippen molar-refractivity contribution in [1.29, 1.82) is 0 Å². The second-order valence-corrected chi connectivity index (χ2v) is 7.87. The van der Waals surface area contributed by atoms with E-state index < -0.39 is 5.97 Å². The number of carbonyl (C=O) groups excluding carboxylic acids is 3. The Labute approximate surface area is 164 Å². The zero-order valence-corrected chi connectivity index (χ0v) is 16.1. The van der Waals surface area contributed by atoms with Crippen LogP contribution in [0.15, 0.2) is 48.5 Å². The summed E-state index contributed by atoms with van der Waals surface area (Å²) in [4.78, 5) is 39.7. The Morgan fingerprint density at radius 1 is 0.964 bits per heavy atom. The maximum absolute atomic E-state index is 13.0. The fourth-order valence-electron chi connectivity index (χ4n) is 4.20. The van der Waals surface area contributed by atoms with Gasteiger partial charge >= 0.3 is 5.97 Å². The van der Waals surface area contributed by atoms with Crippen LogP contribution in [0.3, 0.4) is 0 Å². The van der Waals surface area contributed by atoms with Crippen molar-refractivity contribution in [2.75, 3.05) is 4.90 Å². The van der Waals surface area contributed by atoms with Crippen molar-refractivity contribution in [1.82, 2.24) is 0 Å². The summed E-state index contributed by atoms with van der Waals surface area (Å²) in [5.74, 6) is -0.741. The molecule has 1 heterocycles. The summed E-state index contributed by atoms with van der Waals surface area (Å²) in [5.41, 5.74) is 1.81. The van der Waals surface area contributed by atoms with Crippen LogP contribution in [-0.2, 0) is 9.59 Å². The minimum atomic E-state index is -0.516. The molecule has 0 radical (unpaired) electrons. The molecule has 1 aliphatic heterocycles. The number of anilines is 1. The maximum Gasteiger partial charge on any atom is 0.343 e. The molecule has 2 aliphatic rings. The molecule has 5 nitrogen and oxygen atoms in total. The van der Waals surface area contributed by atoms with E-state index in [0.717, 1.165) is 24.8 Å². The van der Waals surface area contributed by atoms with Crippen LogP contribution in [0.5, 0.6) is 5.75 Å². The van der Waals surface area contributed by atoms with E-state index in [1.54, 1.807) is 36.4 Å². The molecule has 2 aromatic rings. The SMILES string of the molecule is Cc1ccc(C(=O)Oc2ccccc2N2C(=O)[C@H]3CC[C@H](C)C[C@H]3C2=O)cc1. The highest BCUT2D eigenvalue weighted by Crippen LogP contribution is 2.44. The predicted octanol–water partition coefficient (Wildman–Crippen LogP) is 4.14. The molecule has 0 unspecified atom stereocenters. The topological polar surface area (TPSA) is 63.7 Å². The van der Waals surface area contributed by atoms with Gasteiger partial charge in [-0.25, -0.2) is 9.69 Å². The van der Waals surface area contributed by atoms with Gasteiger partial charge in [0.15, 0.2) is 5.75 Å². The lowest BCUT2D eigenvalue weighted by Gasteiger charge is -2.25. The number of amides is 2. The summed E-state index contributed by atoms with van der Waals surface area (Å²) in [6.45, 7) is 4.06. The Hall–Kier alpha value is -2.95. The quantitative estimate of drug-likeness (QED) is 0.458. The fraction of sp³-hybridized carbons (Fsp3) is 0.348. The Morgan fingerprint density at radius 3 is 2.39 bits per heavy atom. The molecule has 4 rings (SSSR count). The molecule has 1 saturated heterocycles. The largest absolute Gasteiger partial charge is 0.421 e. The molecule has 2 amide bonds. The minimum absolute atomic E-state index is 0.180. The number of carbonyl (C=O) groups is 3. The second kappa shape index (κ2) is 7.23. The van der Waals surface area contributed by atoms with Crippen LogP contribution in [0, 0.1) is 24.7 Å². The summed E-state index contributed by atoms with van der Waals surface area (Å²) in [5, 5.41) is 0. The smallest absolute Gasteiger partial charge is 0.343 e. The van der Waals surface area contributed by atoms with E-state index in [2.05, 4.69) is 6.92 Å². The Kier molecular flexibility index (Phi) is 4.75. The van der Waals surface area contributed by atoms with Crippen molar-refractivity contribution in [3.63, 3.8) is 0 Å². The number of rotatable bonds is 3. The van der Waals surface area contributed by atoms with Gasteiger partial charge in [-0.3, -0.25) is 9.59 Å². The number of imide groups is 1. The lowest BCUT2D eigenvalue weighted by molar-refractivity contribution is -0.122. The van der Waals surface area contributed by atoms with Gasteiger partial charge in [0, 0.05) is 0 Å². The van der Waals surface area contributed by atoms with Crippen molar-refractivity contribution in [3.05, 3.63) is 59.7 Å². The number of esters is 1. The lowest BCUT2D eigenvalue weighted by Crippen LogP contribution is -2.31. The van der Waals surface area contributed by atoms with Crippen LogP contribution < -0.4 is 9.64 Å². The van der Waals surface area contributed by atoms with Gasteiger partial charge in [-0.2, -0.15) is 0 Å². The van der Waals surface area contributed by atoms with Gasteiger partial charge in [-0.1, -0.05) is 36.8 Å². The first-order valence-corrected chi connectivity index (χ1v) is 9.71. The number of benzene rings is 2. The first-order chi connectivity index (χ1) is 13.5. The molecule has 5 heteroatoms. The normalized spacial score (nSPS) is 24.2. The molecule has 3 atom stereocenters. The van der Waals surface area contributed by atoms with Crippen molar-refractivity contribution in [2.24, 2.45) is 17.8 Å². The lowest BCUT2D eigenvalue weighted by atomic mass is 9.76. The van der Waals surface area contributed by atoms with Gasteiger partial charge in [0.2, 0.25) is 11.8 Å². The highest BCUT2D eigenvalue weighted by Gasteiger charge is 2.50. The highest BCUT2D eigenvalue weighted by molar-refractivity contribution is 6.22. The summed E-state index contributed by atoms with van der Waals surface area (Å²) < 4.78 is 5.57. The third-order valence-electron chi connectivity index (χ3n) is 5.78. The molecule has 1 aliphatic carbocycles. The van der Waals surface area contributed by atoms with Crippen molar-refractivity contribution in [2.45, 2.75) is 33.1 Å². The average molecular weight is 377 g/mol. The van der Waals surface area contributed by atoms with Gasteiger partial charge in [0.25, 0.3) is 0 Å². The van der Waals surface area contributed by atoms with E-state index in [1.807, 2.05) is 19.1 Å². The standard InChI is InChI=1S/C23H23NO4/c1-14-7-10-16(11-8-14)23(27)28-20-6-4-3-5-19(20)24-21(25)17-12-9-15(2)13-18(17)22(24)26/h3-8,10-11,15,17-18H,9,12-13H2,1-2H3/t15-,17-,18+/m0/s1. The zero-order valence-electron chi connectivity index (χ0n) is 16.1. The number of aryl methyl sites for hydroxylation is 1. The molecular formula is C23H23NO4. The summed E-state index contributed by atoms with van der Waals surface area (Å²) in [7, 11) is 0. The van der Waals surface area contributed by atoms with Gasteiger partial charge in [-0.05, 0) is 56.4 Å². The number of hydrogen-bond donors (Lipinski definition) is 0. The molecule has 2 aromatic carbocycles. The monoisotopic (exact) mass is 377 g/mol. The average Bonchev–Trinajstić information content (AvgIpc) is 2.93. The minimum Gasteiger partial charge on any atom is -0.421 e. The summed E-state index contributed by atoms with van der Waals surface area (Å²) in [6, 6.07) is 13.8. The Morgan fingerprint density at radius 2 is 1.64 bits per heavy atom. The number of fused-ring (bicyclic) bond motifs is 1. The number of ether oxygens (including phenoxy) is 1. The molecule has 0 N–H and O–H groups in total. The van der Waals surface area contributed by atoms with E-state index >= 15 is 0 Å². The molecule has 0 aromatic heterocycles. The third-order valence-corrected chi connectivity index (χ3v) is 5.78. The Bertz CT molecular complexity index is 934. The van der Waals surface area contributed by atoms with E-state index in [1.165, 1.54) is 4.90 Å². The van der Waals surface area contributed by atoms with Crippen LogP contribution in [0.25, 0.3) is 0 Å². The van der Waals surface area contributed by atoms with Crippen LogP contribution in [-0.4, -0.2) is 17.8 Å². The second-order valence-electron chi connectivity index (χ2n) is 7.87. The molecule has 0 spiro atoms. The van der Waals surface area contributed by atoms with E-state index in [4.69, 9.17) is 4.74 Å².